The zero-order valence-corrected chi connectivity index (χ0v) is 16.1. The number of hydrogen-bond acceptors (Lipinski definition) is 3. The molecule has 5 rings (SSSR count). The summed E-state index contributed by atoms with van der Waals surface area (Å²) in [4.78, 5) is 12.4. The molecule has 0 aliphatic heterocycles. The van der Waals surface area contributed by atoms with Crippen molar-refractivity contribution in [3.05, 3.63) is 92.7 Å². The highest BCUT2D eigenvalue weighted by Gasteiger charge is 2.26. The predicted molar refractivity (Wildman–Crippen MR) is 109 cm³/mol. The van der Waals surface area contributed by atoms with Crippen LogP contribution >= 0.6 is 0 Å². The maximum absolute atomic E-state index is 12.4. The van der Waals surface area contributed by atoms with Crippen LogP contribution in [-0.2, 0) is 9.47 Å². The van der Waals surface area contributed by atoms with E-state index in [4.69, 9.17) is 9.47 Å². The zero-order valence-electron chi connectivity index (χ0n) is 16.1. The Kier molecular flexibility index (Phi) is 3.50. The summed E-state index contributed by atoms with van der Waals surface area (Å²) in [6.07, 6.45) is 1.50. The van der Waals surface area contributed by atoms with Crippen molar-refractivity contribution in [2.75, 3.05) is 0 Å². The van der Waals surface area contributed by atoms with E-state index in [9.17, 15) is 4.79 Å². The standard InChI is InChI=1S/C25H20O3/c1-25(2,3)28-24(26)27-23-19-11-7-6-10-18(19)21-14-20-16(13-22(21)23)12-15-8-4-5-9-17(15)20/h4-14H,1-3H3. The molecule has 0 saturated carbocycles. The molecule has 2 aliphatic carbocycles. The first-order valence-corrected chi connectivity index (χ1v) is 9.41. The Labute approximate surface area is 162 Å². The van der Waals surface area contributed by atoms with Gasteiger partial charge in [-0.25, -0.2) is 4.79 Å². The van der Waals surface area contributed by atoms with Gasteiger partial charge in [0.1, 0.15) is 11.4 Å². The minimum absolute atomic E-state index is 0.562. The van der Waals surface area contributed by atoms with E-state index < -0.39 is 11.8 Å². The summed E-state index contributed by atoms with van der Waals surface area (Å²) in [6, 6.07) is 20.7. The van der Waals surface area contributed by atoms with Crippen molar-refractivity contribution >= 4 is 18.0 Å². The maximum Gasteiger partial charge on any atom is 0.514 e. The molecule has 3 aromatic carbocycles. The minimum atomic E-state index is -0.682. The summed E-state index contributed by atoms with van der Waals surface area (Å²) in [5.41, 5.74) is 3.60. The summed E-state index contributed by atoms with van der Waals surface area (Å²) in [7, 11) is 0. The van der Waals surface area contributed by atoms with E-state index in [-0.39, 0.29) is 0 Å². The van der Waals surface area contributed by atoms with Crippen molar-refractivity contribution in [2.24, 2.45) is 0 Å². The van der Waals surface area contributed by atoms with Gasteiger partial charge in [-0.15, -0.1) is 0 Å². The van der Waals surface area contributed by atoms with E-state index in [0.717, 1.165) is 27.5 Å². The van der Waals surface area contributed by atoms with Gasteiger partial charge in [-0.2, -0.15) is 0 Å². The van der Waals surface area contributed by atoms with Crippen LogP contribution in [0.2, 0.25) is 0 Å². The summed E-state index contributed by atoms with van der Waals surface area (Å²) in [6.45, 7) is 5.48. The summed E-state index contributed by atoms with van der Waals surface area (Å²) >= 11 is 0. The Bertz CT molecular complexity index is 1360. The van der Waals surface area contributed by atoms with E-state index >= 15 is 0 Å². The van der Waals surface area contributed by atoms with Crippen molar-refractivity contribution < 1.29 is 14.3 Å². The van der Waals surface area contributed by atoms with Crippen LogP contribution in [0.15, 0.2) is 60.7 Å². The fraction of sp³-hybridized carbons (Fsp3) is 0.160. The van der Waals surface area contributed by atoms with E-state index in [2.05, 4.69) is 42.5 Å². The van der Waals surface area contributed by atoms with Crippen LogP contribution in [0.1, 0.15) is 31.9 Å². The van der Waals surface area contributed by atoms with Gasteiger partial charge in [0.15, 0.2) is 0 Å². The molecule has 0 radical (unpaired) electrons. The number of hydrogen-bond donors (Lipinski definition) is 0. The Morgan fingerprint density at radius 2 is 1.50 bits per heavy atom. The van der Waals surface area contributed by atoms with E-state index in [0.29, 0.717) is 5.76 Å². The van der Waals surface area contributed by atoms with Crippen molar-refractivity contribution in [1.82, 2.24) is 0 Å². The van der Waals surface area contributed by atoms with Gasteiger partial charge in [-0.05, 0) is 71.3 Å². The lowest BCUT2D eigenvalue weighted by atomic mass is 10.0. The molecule has 0 saturated heterocycles. The molecule has 0 fully saturated rings. The fourth-order valence-electron chi connectivity index (χ4n) is 3.94. The minimum Gasteiger partial charge on any atom is -0.428 e. The molecule has 3 nitrogen and oxygen atoms in total. The number of benzene rings is 3. The maximum atomic E-state index is 12.4. The van der Waals surface area contributed by atoms with Gasteiger partial charge < -0.3 is 9.47 Å². The molecule has 0 unspecified atom stereocenters. The van der Waals surface area contributed by atoms with Gasteiger partial charge >= 0.3 is 6.16 Å². The van der Waals surface area contributed by atoms with Crippen LogP contribution in [0.25, 0.3) is 23.0 Å². The second-order valence-corrected chi connectivity index (χ2v) is 8.16. The highest BCUT2D eigenvalue weighted by molar-refractivity contribution is 5.90. The van der Waals surface area contributed by atoms with Crippen molar-refractivity contribution in [1.29, 1.82) is 0 Å². The van der Waals surface area contributed by atoms with Gasteiger partial charge in [-0.1, -0.05) is 48.5 Å². The van der Waals surface area contributed by atoms with Gasteiger partial charge in [0.25, 0.3) is 0 Å². The quantitative estimate of drug-likeness (QED) is 0.472. The second-order valence-electron chi connectivity index (χ2n) is 8.16. The van der Waals surface area contributed by atoms with Crippen LogP contribution in [0.4, 0.5) is 4.79 Å². The third-order valence-electron chi connectivity index (χ3n) is 5.03. The average Bonchev–Trinajstić information content (AvgIpc) is 3.15. The van der Waals surface area contributed by atoms with Crippen molar-refractivity contribution in [3.8, 4) is 11.1 Å². The number of carbonyl (C=O) groups excluding carboxylic acids is 1. The molecule has 3 heteroatoms. The third kappa shape index (κ3) is 2.63. The number of ether oxygens (including phenoxy) is 2. The molecule has 2 aliphatic rings. The highest BCUT2D eigenvalue weighted by atomic mass is 16.7. The fourth-order valence-corrected chi connectivity index (χ4v) is 3.94. The molecule has 138 valence electrons. The number of carbonyl (C=O) groups is 1. The largest absolute Gasteiger partial charge is 0.514 e. The van der Waals surface area contributed by atoms with Crippen LogP contribution in [0.5, 0.6) is 0 Å². The first-order chi connectivity index (χ1) is 13.4. The Morgan fingerprint density at radius 3 is 2.29 bits per heavy atom. The lowest BCUT2D eigenvalue weighted by Crippen LogP contribution is -2.25. The predicted octanol–water partition coefficient (Wildman–Crippen LogP) is 4.20. The Hall–Kier alpha value is -3.33. The van der Waals surface area contributed by atoms with Gasteiger partial charge in [0.05, 0.1) is 0 Å². The first-order valence-electron chi connectivity index (χ1n) is 9.41. The Balaban J connectivity index is 1.75. The Morgan fingerprint density at radius 1 is 0.786 bits per heavy atom. The second kappa shape index (κ2) is 5.83. The van der Waals surface area contributed by atoms with E-state index in [1.165, 1.54) is 15.7 Å². The van der Waals surface area contributed by atoms with Gasteiger partial charge in [-0.3, -0.25) is 0 Å². The molecular formula is C25H20O3. The molecular weight excluding hydrogens is 348 g/mol. The third-order valence-corrected chi connectivity index (χ3v) is 5.03. The number of fused-ring (bicyclic) bond motifs is 5. The highest BCUT2D eigenvalue weighted by Crippen LogP contribution is 2.33. The SMILES string of the molecule is CC(C)(C)OC(=O)OC1=c2cc3c(cc2-c2ccccc21)=c1ccccc1=C3. The van der Waals surface area contributed by atoms with Gasteiger partial charge in [0, 0.05) is 10.8 Å². The molecule has 0 aromatic heterocycles. The average molecular weight is 368 g/mol. The summed E-state index contributed by atoms with van der Waals surface area (Å²) < 4.78 is 11.1. The van der Waals surface area contributed by atoms with Crippen LogP contribution < -0.4 is 10.4 Å². The molecule has 0 N–H and O–H groups in total. The smallest absolute Gasteiger partial charge is 0.428 e. The lowest BCUT2D eigenvalue weighted by molar-refractivity contribution is 0.0147. The van der Waals surface area contributed by atoms with Crippen LogP contribution in [0.3, 0.4) is 0 Å². The molecule has 0 bridgehead atoms. The van der Waals surface area contributed by atoms with Crippen LogP contribution in [0, 0.1) is 10.4 Å². The number of rotatable bonds is 1. The molecule has 0 amide bonds. The topological polar surface area (TPSA) is 35.5 Å². The lowest BCUT2D eigenvalue weighted by Gasteiger charge is -2.19. The van der Waals surface area contributed by atoms with Gasteiger partial charge in [0.2, 0.25) is 0 Å². The van der Waals surface area contributed by atoms with Crippen molar-refractivity contribution in [3.63, 3.8) is 0 Å². The normalized spacial score (nSPS) is 13.2. The van der Waals surface area contributed by atoms with E-state index in [1.54, 1.807) is 0 Å². The summed E-state index contributed by atoms with van der Waals surface area (Å²) in [5, 5.41) is 4.58. The first kappa shape index (κ1) is 16.8. The zero-order chi connectivity index (χ0) is 19.5. The molecule has 3 aromatic rings. The molecule has 28 heavy (non-hydrogen) atoms. The molecule has 0 spiro atoms. The van der Waals surface area contributed by atoms with Crippen molar-refractivity contribution in [2.45, 2.75) is 26.4 Å². The molecule has 0 atom stereocenters. The summed E-state index contributed by atoms with van der Waals surface area (Å²) in [5.74, 6) is 0.562. The molecule has 0 heterocycles. The van der Waals surface area contributed by atoms with E-state index in [1.807, 2.05) is 45.0 Å². The monoisotopic (exact) mass is 368 g/mol. The van der Waals surface area contributed by atoms with Crippen LogP contribution in [-0.4, -0.2) is 11.8 Å².